The van der Waals surface area contributed by atoms with Crippen LogP contribution in [0.1, 0.15) is 6.42 Å². The van der Waals surface area contributed by atoms with Crippen LogP contribution in [0.25, 0.3) is 0 Å². The maximum absolute atomic E-state index is 11.7. The van der Waals surface area contributed by atoms with E-state index in [1.165, 1.54) is 7.11 Å². The molecule has 0 aromatic heterocycles. The summed E-state index contributed by atoms with van der Waals surface area (Å²) in [6, 6.07) is 5.00. The number of hydrogen-bond acceptors (Lipinski definition) is 2. The minimum atomic E-state index is -0.916. The molecule has 0 radical (unpaired) electrons. The molecular formula is C11H10Cl3NO2. The summed E-state index contributed by atoms with van der Waals surface area (Å²) in [6.07, 6.45) is 0.478. The minimum absolute atomic E-state index is 0.198. The Morgan fingerprint density at radius 3 is 2.65 bits per heavy atom. The number of nitrogens with one attached hydrogen (secondary N) is 1. The van der Waals surface area contributed by atoms with Crippen molar-refractivity contribution in [3.05, 3.63) is 23.2 Å². The van der Waals surface area contributed by atoms with Gasteiger partial charge in [0, 0.05) is 5.69 Å². The van der Waals surface area contributed by atoms with Gasteiger partial charge in [-0.3, -0.25) is 4.79 Å². The molecule has 3 nitrogen and oxygen atoms in total. The zero-order valence-electron chi connectivity index (χ0n) is 8.97. The number of rotatable bonds is 3. The summed E-state index contributed by atoms with van der Waals surface area (Å²) < 4.78 is 4.09. The third-order valence-corrected chi connectivity index (χ3v) is 3.69. The van der Waals surface area contributed by atoms with E-state index in [0.29, 0.717) is 22.9 Å². The first kappa shape index (κ1) is 12.8. The smallest absolute Gasteiger partial charge is 0.230 e. The lowest BCUT2D eigenvalue weighted by molar-refractivity contribution is -0.117. The van der Waals surface area contributed by atoms with Crippen molar-refractivity contribution in [1.29, 1.82) is 0 Å². The predicted molar refractivity (Wildman–Crippen MR) is 69.2 cm³/mol. The van der Waals surface area contributed by atoms with E-state index in [9.17, 15) is 4.79 Å². The van der Waals surface area contributed by atoms with Gasteiger partial charge >= 0.3 is 0 Å². The largest absolute Gasteiger partial charge is 0.495 e. The van der Waals surface area contributed by atoms with Crippen LogP contribution in [0, 0.1) is 5.92 Å². The summed E-state index contributed by atoms with van der Waals surface area (Å²) in [5.41, 5.74) is 0.594. The van der Waals surface area contributed by atoms with E-state index in [-0.39, 0.29) is 11.8 Å². The van der Waals surface area contributed by atoms with Crippen LogP contribution in [0.2, 0.25) is 5.02 Å². The van der Waals surface area contributed by atoms with E-state index in [1.807, 2.05) is 0 Å². The molecule has 1 fully saturated rings. The number of methoxy groups -OCH3 is 1. The van der Waals surface area contributed by atoms with Crippen LogP contribution < -0.4 is 10.1 Å². The molecule has 1 saturated carbocycles. The Hall–Kier alpha value is -0.640. The van der Waals surface area contributed by atoms with Crippen LogP contribution in [0.15, 0.2) is 18.2 Å². The summed E-state index contributed by atoms with van der Waals surface area (Å²) in [7, 11) is 1.53. The van der Waals surface area contributed by atoms with Crippen molar-refractivity contribution in [3.8, 4) is 5.75 Å². The Balaban J connectivity index is 2.05. The predicted octanol–water partition coefficient (Wildman–Crippen LogP) is 3.48. The van der Waals surface area contributed by atoms with Gasteiger partial charge in [-0.05, 0) is 24.6 Å². The molecule has 1 aliphatic rings. The van der Waals surface area contributed by atoms with Crippen LogP contribution >= 0.6 is 34.8 Å². The van der Waals surface area contributed by atoms with E-state index in [0.717, 1.165) is 0 Å². The molecule has 1 atom stereocenters. The van der Waals surface area contributed by atoms with Crippen LogP contribution in [-0.4, -0.2) is 17.4 Å². The summed E-state index contributed by atoms with van der Waals surface area (Å²) in [6.45, 7) is 0. The molecule has 2 rings (SSSR count). The quantitative estimate of drug-likeness (QED) is 0.867. The average Bonchev–Trinajstić information content (AvgIpc) is 2.88. The SMILES string of the molecule is COc1ccc(NC(=O)[C@H]2CC2(Cl)Cl)cc1Cl. The molecule has 1 aromatic rings. The fraction of sp³-hybridized carbons (Fsp3) is 0.364. The van der Waals surface area contributed by atoms with Gasteiger partial charge in [0.2, 0.25) is 5.91 Å². The molecule has 92 valence electrons. The number of carbonyl (C=O) groups excluding carboxylic acids is 1. The fourth-order valence-electron chi connectivity index (χ4n) is 1.47. The second-order valence-corrected chi connectivity index (χ2v) is 5.81. The first-order valence-corrected chi connectivity index (χ1v) is 6.09. The van der Waals surface area contributed by atoms with E-state index in [2.05, 4.69) is 5.32 Å². The third kappa shape index (κ3) is 2.79. The Kier molecular flexibility index (Phi) is 3.43. The number of ether oxygens (including phenoxy) is 1. The standard InChI is InChI=1S/C11H10Cl3NO2/c1-17-9-3-2-6(4-8(9)12)15-10(16)7-5-11(7,13)14/h2-4,7H,5H2,1H3,(H,15,16)/t7-/m1/s1. The van der Waals surface area contributed by atoms with Crippen molar-refractivity contribution >= 4 is 46.4 Å². The maximum Gasteiger partial charge on any atom is 0.230 e. The lowest BCUT2D eigenvalue weighted by Crippen LogP contribution is -2.16. The van der Waals surface area contributed by atoms with Crippen LogP contribution in [0.4, 0.5) is 5.69 Å². The number of benzene rings is 1. The van der Waals surface area contributed by atoms with Gasteiger partial charge in [0.1, 0.15) is 10.1 Å². The van der Waals surface area contributed by atoms with Crippen LogP contribution in [0.5, 0.6) is 5.75 Å². The normalized spacial score (nSPS) is 20.8. The fourth-order valence-corrected chi connectivity index (χ4v) is 2.24. The first-order valence-electron chi connectivity index (χ1n) is 4.96. The molecule has 1 N–H and O–H groups in total. The molecule has 0 spiro atoms. The second-order valence-electron chi connectivity index (χ2n) is 3.86. The van der Waals surface area contributed by atoms with Crippen molar-refractivity contribution in [3.63, 3.8) is 0 Å². The second kappa shape index (κ2) is 4.56. The Labute approximate surface area is 114 Å². The number of hydrogen-bond donors (Lipinski definition) is 1. The number of anilines is 1. The molecule has 0 aliphatic heterocycles. The Morgan fingerprint density at radius 2 is 2.18 bits per heavy atom. The number of halogens is 3. The summed E-state index contributed by atoms with van der Waals surface area (Å²) in [4.78, 5) is 11.7. The van der Waals surface area contributed by atoms with Gasteiger partial charge in [-0.25, -0.2) is 0 Å². The highest BCUT2D eigenvalue weighted by molar-refractivity contribution is 6.52. The first-order chi connectivity index (χ1) is 7.94. The maximum atomic E-state index is 11.7. The number of carbonyl (C=O) groups is 1. The molecule has 1 amide bonds. The minimum Gasteiger partial charge on any atom is -0.495 e. The molecular weight excluding hydrogens is 284 g/mol. The Bertz CT molecular complexity index is 462. The van der Waals surface area contributed by atoms with E-state index >= 15 is 0 Å². The highest BCUT2D eigenvalue weighted by Gasteiger charge is 2.56. The molecule has 0 unspecified atom stereocenters. The summed E-state index contributed by atoms with van der Waals surface area (Å²) in [5.74, 6) is 0.00284. The molecule has 0 heterocycles. The zero-order valence-corrected chi connectivity index (χ0v) is 11.2. The molecule has 0 saturated heterocycles. The summed E-state index contributed by atoms with van der Waals surface area (Å²) >= 11 is 17.5. The van der Waals surface area contributed by atoms with Gasteiger partial charge in [0.25, 0.3) is 0 Å². The topological polar surface area (TPSA) is 38.3 Å². The van der Waals surface area contributed by atoms with Crippen molar-refractivity contribution in [2.75, 3.05) is 12.4 Å². The van der Waals surface area contributed by atoms with E-state index in [1.54, 1.807) is 18.2 Å². The molecule has 1 aromatic carbocycles. The van der Waals surface area contributed by atoms with Gasteiger partial charge in [-0.1, -0.05) is 11.6 Å². The molecule has 1 aliphatic carbocycles. The summed E-state index contributed by atoms with van der Waals surface area (Å²) in [5, 5.41) is 3.14. The van der Waals surface area contributed by atoms with Gasteiger partial charge in [-0.2, -0.15) is 0 Å². The third-order valence-electron chi connectivity index (χ3n) is 2.56. The van der Waals surface area contributed by atoms with E-state index in [4.69, 9.17) is 39.5 Å². The zero-order chi connectivity index (χ0) is 12.6. The highest BCUT2D eigenvalue weighted by atomic mass is 35.5. The molecule has 6 heteroatoms. The lowest BCUT2D eigenvalue weighted by Gasteiger charge is -2.08. The van der Waals surface area contributed by atoms with Crippen LogP contribution in [-0.2, 0) is 4.79 Å². The molecule has 0 bridgehead atoms. The van der Waals surface area contributed by atoms with Gasteiger partial charge in [0.05, 0.1) is 18.1 Å². The Morgan fingerprint density at radius 1 is 1.53 bits per heavy atom. The number of amides is 1. The number of alkyl halides is 2. The van der Waals surface area contributed by atoms with E-state index < -0.39 is 4.33 Å². The van der Waals surface area contributed by atoms with Gasteiger partial charge in [-0.15, -0.1) is 23.2 Å². The van der Waals surface area contributed by atoms with Crippen LogP contribution in [0.3, 0.4) is 0 Å². The van der Waals surface area contributed by atoms with Crippen molar-refractivity contribution in [2.24, 2.45) is 5.92 Å². The van der Waals surface area contributed by atoms with Crippen molar-refractivity contribution < 1.29 is 9.53 Å². The van der Waals surface area contributed by atoms with Gasteiger partial charge < -0.3 is 10.1 Å². The van der Waals surface area contributed by atoms with Gasteiger partial charge in [0.15, 0.2) is 0 Å². The van der Waals surface area contributed by atoms with Crippen molar-refractivity contribution in [1.82, 2.24) is 0 Å². The average molecular weight is 295 g/mol. The lowest BCUT2D eigenvalue weighted by atomic mass is 10.3. The highest BCUT2D eigenvalue weighted by Crippen LogP contribution is 2.53. The monoisotopic (exact) mass is 293 g/mol. The molecule has 17 heavy (non-hydrogen) atoms. The van der Waals surface area contributed by atoms with Crippen molar-refractivity contribution in [2.45, 2.75) is 10.8 Å².